The van der Waals surface area contributed by atoms with Crippen molar-refractivity contribution in [3.05, 3.63) is 156 Å². The molecule has 1 saturated heterocycles. The molecule has 0 spiro atoms. The van der Waals surface area contributed by atoms with Crippen LogP contribution in [0.4, 0.5) is 5.82 Å². The van der Waals surface area contributed by atoms with E-state index in [1.807, 2.05) is 42.5 Å². The Morgan fingerprint density at radius 2 is 1.28 bits per heavy atom. The summed E-state index contributed by atoms with van der Waals surface area (Å²) in [4.78, 5) is 16.1. The summed E-state index contributed by atoms with van der Waals surface area (Å²) in [6.45, 7) is 1.80. The number of fused-ring (bicyclic) bond motifs is 1. The molecule has 5 aromatic carbocycles. The van der Waals surface area contributed by atoms with Crippen LogP contribution in [0.5, 0.6) is 0 Å². The maximum absolute atomic E-state index is 13.8. The number of likely N-dealkylation sites (tertiary alicyclic amines) is 1. The van der Waals surface area contributed by atoms with Gasteiger partial charge in [-0.3, -0.25) is 4.79 Å². The molecule has 226 valence electrons. The van der Waals surface area contributed by atoms with Crippen LogP contribution < -0.4 is 5.32 Å². The first-order chi connectivity index (χ1) is 22.6. The van der Waals surface area contributed by atoms with E-state index >= 15 is 0 Å². The Morgan fingerprint density at radius 3 is 1.80 bits per heavy atom. The highest BCUT2D eigenvalue weighted by atomic mass is 16.2. The summed E-state index contributed by atoms with van der Waals surface area (Å²) in [6.07, 6.45) is 1.64. The lowest BCUT2D eigenvalue weighted by Gasteiger charge is -2.37. The highest BCUT2D eigenvalue weighted by Crippen LogP contribution is 2.44. The number of carbonyl (C=O) groups is 1. The van der Waals surface area contributed by atoms with Gasteiger partial charge in [0.25, 0.3) is 0 Å². The molecule has 6 aromatic rings. The molecule has 0 saturated carbocycles. The van der Waals surface area contributed by atoms with E-state index < -0.39 is 5.54 Å². The average Bonchev–Trinajstić information content (AvgIpc) is 3.47. The van der Waals surface area contributed by atoms with E-state index in [0.29, 0.717) is 11.4 Å². The van der Waals surface area contributed by atoms with Gasteiger partial charge in [0.15, 0.2) is 5.82 Å². The highest BCUT2D eigenvalue weighted by molar-refractivity contribution is 6.02. The Labute approximate surface area is 269 Å². The Hall–Kier alpha value is -5.51. The van der Waals surface area contributed by atoms with Gasteiger partial charge in [-0.25, -0.2) is 4.68 Å². The molecule has 6 nitrogen and oxygen atoms in total. The van der Waals surface area contributed by atoms with E-state index in [1.54, 1.807) is 0 Å². The van der Waals surface area contributed by atoms with Crippen molar-refractivity contribution >= 4 is 22.6 Å². The lowest BCUT2D eigenvalue weighted by atomic mass is 9.77. The fourth-order valence-electron chi connectivity index (χ4n) is 6.78. The maximum Gasteiger partial charge on any atom is 0.228 e. The van der Waals surface area contributed by atoms with Crippen LogP contribution in [-0.2, 0) is 10.3 Å². The van der Waals surface area contributed by atoms with Gasteiger partial charge in [0.2, 0.25) is 5.91 Å². The molecule has 6 heteroatoms. The number of nitrogens with zero attached hydrogens (tertiary/aromatic N) is 4. The van der Waals surface area contributed by atoms with E-state index in [9.17, 15) is 10.1 Å². The summed E-state index contributed by atoms with van der Waals surface area (Å²) in [7, 11) is 2.10. The number of rotatable bonds is 7. The zero-order chi connectivity index (χ0) is 31.5. The van der Waals surface area contributed by atoms with Gasteiger partial charge in [0, 0.05) is 11.3 Å². The second-order valence-corrected chi connectivity index (χ2v) is 12.1. The fourth-order valence-corrected chi connectivity index (χ4v) is 6.78. The lowest BCUT2D eigenvalue weighted by molar-refractivity contribution is -0.121. The Kier molecular flexibility index (Phi) is 7.92. The van der Waals surface area contributed by atoms with Gasteiger partial charge in [-0.1, -0.05) is 109 Å². The summed E-state index contributed by atoms with van der Waals surface area (Å²) in [5.74, 6) is 0.481. The van der Waals surface area contributed by atoms with Crippen molar-refractivity contribution in [3.63, 3.8) is 0 Å². The van der Waals surface area contributed by atoms with Crippen molar-refractivity contribution in [2.45, 2.75) is 18.4 Å². The van der Waals surface area contributed by atoms with Crippen LogP contribution in [0, 0.1) is 17.2 Å². The molecule has 0 bridgehead atoms. The van der Waals surface area contributed by atoms with Gasteiger partial charge in [-0.2, -0.15) is 10.4 Å². The minimum Gasteiger partial charge on any atom is -0.308 e. The summed E-state index contributed by atoms with van der Waals surface area (Å²) < 4.78 is 2.09. The van der Waals surface area contributed by atoms with Crippen LogP contribution in [0.25, 0.3) is 22.0 Å². The van der Waals surface area contributed by atoms with Crippen molar-refractivity contribution in [3.8, 4) is 17.2 Å². The minimum absolute atomic E-state index is 0.00756. The normalized spacial score (nSPS) is 14.2. The number of benzene rings is 5. The monoisotopic (exact) mass is 601 g/mol. The number of piperidine rings is 1. The molecule has 1 N–H and O–H groups in total. The van der Waals surface area contributed by atoms with Crippen molar-refractivity contribution in [1.29, 1.82) is 5.26 Å². The van der Waals surface area contributed by atoms with Crippen LogP contribution in [-0.4, -0.2) is 40.7 Å². The Bertz CT molecular complexity index is 1910. The van der Waals surface area contributed by atoms with Crippen molar-refractivity contribution in [2.24, 2.45) is 5.92 Å². The molecule has 2 heterocycles. The summed E-state index contributed by atoms with van der Waals surface area (Å²) in [6, 6.07) is 47.4. The second-order valence-electron chi connectivity index (χ2n) is 12.1. The zero-order valence-electron chi connectivity index (χ0n) is 25.8. The fraction of sp³-hybridized carbons (Fsp3) is 0.175. The smallest absolute Gasteiger partial charge is 0.228 e. The van der Waals surface area contributed by atoms with Crippen molar-refractivity contribution in [1.82, 2.24) is 14.7 Å². The quantitative estimate of drug-likeness (QED) is 0.190. The van der Waals surface area contributed by atoms with Gasteiger partial charge >= 0.3 is 0 Å². The molecule has 0 unspecified atom stereocenters. The number of carbonyl (C=O) groups excluding carboxylic acids is 1. The van der Waals surface area contributed by atoms with E-state index in [1.165, 1.54) is 0 Å². The van der Waals surface area contributed by atoms with Gasteiger partial charge in [0.05, 0.1) is 17.1 Å². The number of amides is 1. The molecule has 0 aliphatic carbocycles. The third-order valence-electron chi connectivity index (χ3n) is 9.25. The molecule has 1 aliphatic rings. The maximum atomic E-state index is 13.8. The third kappa shape index (κ3) is 5.25. The standard InChI is InChI=1S/C40H35N5O/c1-44-25-23-31(24-26-44)39(46)42-38-36-27-32(30-19-17-29(28-41)18-20-30)21-22-37(36)45(43-38)40(33-11-5-2-6-12-33,34-13-7-3-8-14-34)35-15-9-4-10-16-35/h2-22,27,31H,23-26H2,1H3,(H,42,43,46). The topological polar surface area (TPSA) is 74.0 Å². The van der Waals surface area contributed by atoms with E-state index in [0.717, 1.165) is 64.7 Å². The van der Waals surface area contributed by atoms with Gasteiger partial charge < -0.3 is 10.2 Å². The molecule has 1 aliphatic heterocycles. The molecule has 1 amide bonds. The number of hydrogen-bond acceptors (Lipinski definition) is 4. The van der Waals surface area contributed by atoms with Crippen LogP contribution in [0.15, 0.2) is 133 Å². The third-order valence-corrected chi connectivity index (χ3v) is 9.25. The Balaban J connectivity index is 1.48. The molecule has 1 aromatic heterocycles. The van der Waals surface area contributed by atoms with E-state index in [4.69, 9.17) is 5.10 Å². The molecule has 7 rings (SSSR count). The van der Waals surface area contributed by atoms with E-state index in [-0.39, 0.29) is 11.8 Å². The predicted molar refractivity (Wildman–Crippen MR) is 183 cm³/mol. The molecule has 1 fully saturated rings. The predicted octanol–water partition coefficient (Wildman–Crippen LogP) is 7.70. The van der Waals surface area contributed by atoms with Crippen molar-refractivity contribution in [2.75, 3.05) is 25.5 Å². The highest BCUT2D eigenvalue weighted by Gasteiger charge is 2.41. The molecular formula is C40H35N5O. The number of hydrogen-bond donors (Lipinski definition) is 1. The second kappa shape index (κ2) is 12.5. The molecule has 46 heavy (non-hydrogen) atoms. The average molecular weight is 602 g/mol. The van der Waals surface area contributed by atoms with Crippen LogP contribution >= 0.6 is 0 Å². The largest absolute Gasteiger partial charge is 0.308 e. The molecular weight excluding hydrogens is 566 g/mol. The SMILES string of the molecule is CN1CCC(C(=O)Nc2nn(C(c3ccccc3)(c3ccccc3)c3ccccc3)c3ccc(-c4ccc(C#N)cc4)cc23)CC1. The minimum atomic E-state index is -0.839. The van der Waals surface area contributed by atoms with Gasteiger partial charge in [0.1, 0.15) is 5.54 Å². The summed E-state index contributed by atoms with van der Waals surface area (Å²) in [5, 5.41) is 18.8. The summed E-state index contributed by atoms with van der Waals surface area (Å²) >= 11 is 0. The first-order valence-electron chi connectivity index (χ1n) is 15.8. The lowest BCUT2D eigenvalue weighted by Crippen LogP contribution is -2.39. The zero-order valence-corrected chi connectivity index (χ0v) is 25.8. The number of nitriles is 1. The van der Waals surface area contributed by atoms with E-state index in [2.05, 4.69) is 119 Å². The van der Waals surface area contributed by atoms with Crippen LogP contribution in [0.3, 0.4) is 0 Å². The van der Waals surface area contributed by atoms with Crippen molar-refractivity contribution < 1.29 is 4.79 Å². The number of anilines is 1. The number of nitrogens with one attached hydrogen (secondary N) is 1. The van der Waals surface area contributed by atoms with Gasteiger partial charge in [-0.15, -0.1) is 0 Å². The number of aromatic nitrogens is 2. The first-order valence-corrected chi connectivity index (χ1v) is 15.8. The first kappa shape index (κ1) is 29.2. The van der Waals surface area contributed by atoms with Crippen LogP contribution in [0.2, 0.25) is 0 Å². The Morgan fingerprint density at radius 1 is 0.761 bits per heavy atom. The molecule has 0 atom stereocenters. The molecule has 0 radical (unpaired) electrons. The van der Waals surface area contributed by atoms with Gasteiger partial charge in [-0.05, 0) is 85.1 Å². The van der Waals surface area contributed by atoms with Crippen LogP contribution in [0.1, 0.15) is 35.1 Å². The summed E-state index contributed by atoms with van der Waals surface area (Å²) in [5.41, 5.74) is 5.81.